The van der Waals surface area contributed by atoms with Gasteiger partial charge in [-0.15, -0.1) is 0 Å². The maximum atomic E-state index is 11.4. The highest BCUT2D eigenvalue weighted by molar-refractivity contribution is 5.92. The van der Waals surface area contributed by atoms with Gasteiger partial charge in [-0.3, -0.25) is 4.79 Å². The van der Waals surface area contributed by atoms with Gasteiger partial charge in [-0.25, -0.2) is 0 Å². The molecular weight excluding hydrogens is 246 g/mol. The summed E-state index contributed by atoms with van der Waals surface area (Å²) >= 11 is 0. The molecule has 0 aromatic heterocycles. The van der Waals surface area contributed by atoms with Crippen molar-refractivity contribution in [2.45, 2.75) is 52.4 Å². The molecule has 0 radical (unpaired) electrons. The van der Waals surface area contributed by atoms with E-state index in [1.54, 1.807) is 6.92 Å². The van der Waals surface area contributed by atoms with Crippen molar-refractivity contribution in [2.24, 2.45) is 0 Å². The largest absolute Gasteiger partial charge is 0.344 e. The molecule has 0 spiro atoms. The summed E-state index contributed by atoms with van der Waals surface area (Å²) in [6, 6.07) is 0. The van der Waals surface area contributed by atoms with E-state index < -0.39 is 5.97 Å². The summed E-state index contributed by atoms with van der Waals surface area (Å²) in [5, 5.41) is 12.7. The summed E-state index contributed by atoms with van der Waals surface area (Å²) in [5.41, 5.74) is 0.379. The van der Waals surface area contributed by atoms with Gasteiger partial charge in [-0.2, -0.15) is 0 Å². The van der Waals surface area contributed by atoms with Crippen LogP contribution in [0.25, 0.3) is 0 Å². The minimum Gasteiger partial charge on any atom is -0.344 e. The predicted molar refractivity (Wildman–Crippen MR) is 74.5 cm³/mol. The van der Waals surface area contributed by atoms with Gasteiger partial charge >= 0.3 is 0 Å². The first-order valence-corrected chi connectivity index (χ1v) is 6.89. The Balaban J connectivity index is 4.29. The average Bonchev–Trinajstić information content (AvgIpc) is 2.36. The molecule has 1 amide bonds. The number of rotatable bonds is 11. The molecule has 0 aromatic carbocycles. The van der Waals surface area contributed by atoms with Crippen molar-refractivity contribution in [3.63, 3.8) is 0 Å². The zero-order valence-corrected chi connectivity index (χ0v) is 12.3. The minimum atomic E-state index is -1.75. The number of hydrogen-bond acceptors (Lipinski definition) is 4. The molecule has 0 saturated heterocycles. The first-order chi connectivity index (χ1) is 8.95. The Hall–Kier alpha value is -0.910. The van der Waals surface area contributed by atoms with Gasteiger partial charge in [0.15, 0.2) is 0 Å². The summed E-state index contributed by atoms with van der Waals surface area (Å²) in [6.45, 7) is 9.87. The molecule has 0 aliphatic carbocycles. The molecule has 0 rings (SSSR count). The second kappa shape index (κ2) is 9.95. The molecule has 0 fully saturated rings. The highest BCUT2D eigenvalue weighted by Gasteiger charge is 2.29. The second-order valence-corrected chi connectivity index (χ2v) is 4.58. The smallest absolute Gasteiger partial charge is 0.298 e. The maximum absolute atomic E-state index is 11.4. The lowest BCUT2D eigenvalue weighted by molar-refractivity contribution is -0.355. The van der Waals surface area contributed by atoms with Crippen LogP contribution in [0.4, 0.5) is 0 Å². The quantitative estimate of drug-likeness (QED) is 0.343. The first kappa shape index (κ1) is 18.1. The number of carbonyl (C=O) groups excluding carboxylic acids is 1. The molecule has 0 atom stereocenters. The van der Waals surface area contributed by atoms with E-state index in [1.165, 1.54) is 0 Å². The third kappa shape index (κ3) is 8.75. The van der Waals surface area contributed by atoms with Crippen LogP contribution >= 0.6 is 0 Å². The Morgan fingerprint density at radius 1 is 1.21 bits per heavy atom. The molecule has 0 saturated carbocycles. The van der Waals surface area contributed by atoms with Crippen LogP contribution in [-0.4, -0.2) is 36.7 Å². The molecule has 112 valence electrons. The maximum Gasteiger partial charge on any atom is 0.298 e. The van der Waals surface area contributed by atoms with Gasteiger partial charge in [0.2, 0.25) is 5.91 Å². The molecule has 0 unspecified atom stereocenters. The third-order valence-electron chi connectivity index (χ3n) is 2.51. The zero-order chi connectivity index (χ0) is 14.7. The van der Waals surface area contributed by atoms with Crippen LogP contribution in [0.3, 0.4) is 0 Å². The monoisotopic (exact) mass is 273 g/mol. The Kier molecular flexibility index (Phi) is 9.47. The molecule has 0 aliphatic heterocycles. The number of ether oxygens (including phenoxy) is 2. The second-order valence-electron chi connectivity index (χ2n) is 4.58. The summed E-state index contributed by atoms with van der Waals surface area (Å²) in [4.78, 5) is 11.4. The highest BCUT2D eigenvalue weighted by Crippen LogP contribution is 2.11. The Labute approximate surface area is 116 Å². The van der Waals surface area contributed by atoms with Crippen molar-refractivity contribution < 1.29 is 19.4 Å². The number of carbonyl (C=O) groups is 1. The van der Waals surface area contributed by atoms with E-state index in [2.05, 4.69) is 11.9 Å². The Morgan fingerprint density at radius 2 is 1.68 bits per heavy atom. The molecule has 2 N–H and O–H groups in total. The van der Waals surface area contributed by atoms with Gasteiger partial charge in [0, 0.05) is 5.57 Å². The van der Waals surface area contributed by atoms with Crippen LogP contribution in [-0.2, 0) is 14.3 Å². The fraction of sp³-hybridized carbons (Fsp3) is 0.786. The normalized spacial score (nSPS) is 11.4. The summed E-state index contributed by atoms with van der Waals surface area (Å²) in [5.74, 6) is -2.08. The van der Waals surface area contributed by atoms with E-state index in [-0.39, 0.29) is 12.5 Å². The molecule has 5 nitrogen and oxygen atoms in total. The van der Waals surface area contributed by atoms with Crippen molar-refractivity contribution in [3.05, 3.63) is 12.2 Å². The molecule has 5 heteroatoms. The number of unbranched alkanes of at least 4 members (excludes halogenated alkanes) is 2. The van der Waals surface area contributed by atoms with Crippen molar-refractivity contribution in [2.75, 3.05) is 19.8 Å². The Morgan fingerprint density at radius 3 is 2.05 bits per heavy atom. The lowest BCUT2D eigenvalue weighted by Gasteiger charge is -2.28. The predicted octanol–water partition coefficient (Wildman–Crippen LogP) is 1.96. The van der Waals surface area contributed by atoms with Gasteiger partial charge in [0.25, 0.3) is 5.97 Å². The highest BCUT2D eigenvalue weighted by atomic mass is 16.8. The van der Waals surface area contributed by atoms with Gasteiger partial charge in [-0.1, -0.05) is 33.3 Å². The third-order valence-corrected chi connectivity index (χ3v) is 2.51. The summed E-state index contributed by atoms with van der Waals surface area (Å²) in [7, 11) is 0. The van der Waals surface area contributed by atoms with Crippen molar-refractivity contribution in [3.8, 4) is 0 Å². The van der Waals surface area contributed by atoms with E-state index in [0.29, 0.717) is 18.8 Å². The van der Waals surface area contributed by atoms with Gasteiger partial charge in [0.05, 0.1) is 19.8 Å². The van der Waals surface area contributed by atoms with Gasteiger partial charge < -0.3 is 19.9 Å². The SMILES string of the molecule is C=C(C)C(=O)NCC(O)(OCCCC)OCCCC. The van der Waals surface area contributed by atoms with E-state index in [4.69, 9.17) is 9.47 Å². The summed E-state index contributed by atoms with van der Waals surface area (Å²) < 4.78 is 10.7. The number of amides is 1. The van der Waals surface area contributed by atoms with E-state index in [0.717, 1.165) is 25.7 Å². The number of nitrogens with one attached hydrogen (secondary N) is 1. The Bertz CT molecular complexity index is 269. The van der Waals surface area contributed by atoms with Crippen molar-refractivity contribution in [1.82, 2.24) is 5.32 Å². The lowest BCUT2D eigenvalue weighted by Crippen LogP contribution is -2.47. The van der Waals surface area contributed by atoms with E-state index >= 15 is 0 Å². The average molecular weight is 273 g/mol. The van der Waals surface area contributed by atoms with Crippen LogP contribution in [0, 0.1) is 0 Å². The lowest BCUT2D eigenvalue weighted by atomic mass is 10.3. The van der Waals surface area contributed by atoms with Crippen LogP contribution in [0.5, 0.6) is 0 Å². The number of hydrogen-bond donors (Lipinski definition) is 2. The van der Waals surface area contributed by atoms with Crippen LogP contribution < -0.4 is 5.32 Å². The van der Waals surface area contributed by atoms with Crippen molar-refractivity contribution >= 4 is 5.91 Å². The molecule has 0 bridgehead atoms. The number of aliphatic hydroxyl groups is 1. The fourth-order valence-electron chi connectivity index (χ4n) is 1.24. The molecule has 19 heavy (non-hydrogen) atoms. The van der Waals surface area contributed by atoms with Crippen LogP contribution in [0.15, 0.2) is 12.2 Å². The van der Waals surface area contributed by atoms with E-state index in [9.17, 15) is 9.90 Å². The van der Waals surface area contributed by atoms with Crippen molar-refractivity contribution in [1.29, 1.82) is 0 Å². The van der Waals surface area contributed by atoms with Crippen LogP contribution in [0.1, 0.15) is 46.5 Å². The molecule has 0 heterocycles. The minimum absolute atomic E-state index is 0.105. The van der Waals surface area contributed by atoms with Crippen LogP contribution in [0.2, 0.25) is 0 Å². The van der Waals surface area contributed by atoms with Gasteiger partial charge in [0.1, 0.15) is 0 Å². The molecular formula is C14H27NO4. The standard InChI is InChI=1S/C14H27NO4/c1-5-7-9-18-14(17,19-10-8-6-2)11-15-13(16)12(3)4/h17H,3,5-11H2,1-2,4H3,(H,15,16). The van der Waals surface area contributed by atoms with Gasteiger partial charge in [-0.05, 0) is 19.8 Å². The topological polar surface area (TPSA) is 67.8 Å². The zero-order valence-electron chi connectivity index (χ0n) is 12.3. The summed E-state index contributed by atoms with van der Waals surface area (Å²) in [6.07, 6.45) is 3.58. The first-order valence-electron chi connectivity index (χ1n) is 6.89. The van der Waals surface area contributed by atoms with E-state index in [1.807, 2.05) is 13.8 Å². The molecule has 0 aliphatic rings. The fourth-order valence-corrected chi connectivity index (χ4v) is 1.24. The molecule has 0 aromatic rings.